The molecule has 2 heterocycles. The summed E-state index contributed by atoms with van der Waals surface area (Å²) in [5, 5.41) is 15.9. The Morgan fingerprint density at radius 1 is 0.833 bits per heavy atom. The Morgan fingerprint density at radius 2 is 1.48 bits per heavy atom. The predicted octanol–water partition coefficient (Wildman–Crippen LogP) is 3.91. The lowest BCUT2D eigenvalue weighted by Gasteiger charge is -2.43. The lowest BCUT2D eigenvalue weighted by atomic mass is 9.62. The van der Waals surface area contributed by atoms with Crippen LogP contribution in [0.25, 0.3) is 0 Å². The average molecular weight is 647 g/mol. The van der Waals surface area contributed by atoms with Gasteiger partial charge >= 0.3 is 5.97 Å². The monoisotopic (exact) mass is 646 g/mol. The number of nitrogens with one attached hydrogen (secondary N) is 2. The zero-order valence-electron chi connectivity index (χ0n) is 26.7. The molecule has 1 saturated heterocycles. The van der Waals surface area contributed by atoms with Crippen LogP contribution >= 0.6 is 0 Å². The molecule has 0 saturated carbocycles. The number of benzene rings is 3. The summed E-state index contributed by atoms with van der Waals surface area (Å²) < 4.78 is 1.36. The third kappa shape index (κ3) is 6.13. The molecule has 10 nitrogen and oxygen atoms in total. The van der Waals surface area contributed by atoms with Crippen LogP contribution in [-0.4, -0.2) is 57.4 Å². The number of hydrogen-bond acceptors (Lipinski definition) is 5. The van der Waals surface area contributed by atoms with Gasteiger partial charge in [-0.25, -0.2) is 4.79 Å². The Bertz CT molecular complexity index is 1880. The van der Waals surface area contributed by atoms with E-state index < -0.39 is 35.2 Å². The molecule has 3 atom stereocenters. The van der Waals surface area contributed by atoms with Crippen LogP contribution in [-0.2, 0) is 26.8 Å². The summed E-state index contributed by atoms with van der Waals surface area (Å²) in [6.07, 6.45) is 3.38. The largest absolute Gasteiger partial charge is 0.479 e. The number of aliphatic carboxylic acids is 1. The van der Waals surface area contributed by atoms with Crippen molar-refractivity contribution >= 4 is 23.7 Å². The number of amides is 3. The van der Waals surface area contributed by atoms with Gasteiger partial charge in [0.15, 0.2) is 6.04 Å². The number of carboxylic acids is 1. The Morgan fingerprint density at radius 3 is 2.17 bits per heavy atom. The maximum atomic E-state index is 14.5. The molecule has 6 rings (SSSR count). The topological polar surface area (TPSA) is 138 Å². The maximum Gasteiger partial charge on any atom is 0.330 e. The summed E-state index contributed by atoms with van der Waals surface area (Å²) in [6.45, 7) is 0.883. The number of aromatic nitrogens is 1. The van der Waals surface area contributed by atoms with Gasteiger partial charge in [-0.2, -0.15) is 0 Å². The molecule has 4 aromatic rings. The van der Waals surface area contributed by atoms with E-state index in [-0.39, 0.29) is 23.1 Å². The van der Waals surface area contributed by atoms with E-state index in [4.69, 9.17) is 0 Å². The first-order chi connectivity index (χ1) is 23.2. The number of hydrogen-bond donors (Lipinski definition) is 3. The molecule has 3 amide bonds. The molecule has 3 N–H and O–H groups in total. The molecule has 0 bridgehead atoms. The normalized spacial score (nSPS) is 19.9. The number of carbonyl (C=O) groups is 4. The van der Waals surface area contributed by atoms with Crippen molar-refractivity contribution in [1.82, 2.24) is 20.1 Å². The van der Waals surface area contributed by atoms with Gasteiger partial charge in [-0.15, -0.1) is 0 Å². The van der Waals surface area contributed by atoms with Crippen LogP contribution in [0.1, 0.15) is 70.3 Å². The van der Waals surface area contributed by atoms with Gasteiger partial charge in [0.05, 0.1) is 11.3 Å². The average Bonchev–Trinajstić information content (AvgIpc) is 3.11. The van der Waals surface area contributed by atoms with Crippen LogP contribution in [0.4, 0.5) is 0 Å². The quantitative estimate of drug-likeness (QED) is 0.266. The summed E-state index contributed by atoms with van der Waals surface area (Å²) in [7, 11) is 1.60. The number of piperidine rings is 1. The van der Waals surface area contributed by atoms with Crippen molar-refractivity contribution in [2.24, 2.45) is 7.05 Å². The summed E-state index contributed by atoms with van der Waals surface area (Å²) in [6, 6.07) is 27.1. The summed E-state index contributed by atoms with van der Waals surface area (Å²) in [4.78, 5) is 68.1. The fraction of sp³-hybridized carbons (Fsp3) is 0.289. The van der Waals surface area contributed by atoms with Crippen LogP contribution in [0, 0.1) is 0 Å². The SMILES string of the molecule is Cn1cccc(C(=O)NC2CCN(C(=O)[C@H]3CC[C@@](C(=O)N[C@@H](C(=O)O)c4ccccc4)(c4ccccc4)c4ccccc43)CC2)c1=O. The summed E-state index contributed by atoms with van der Waals surface area (Å²) >= 11 is 0. The van der Waals surface area contributed by atoms with Gasteiger partial charge in [0, 0.05) is 32.4 Å². The van der Waals surface area contributed by atoms with Crippen LogP contribution in [0.15, 0.2) is 108 Å². The molecule has 1 aliphatic heterocycles. The predicted molar refractivity (Wildman–Crippen MR) is 179 cm³/mol. The van der Waals surface area contributed by atoms with Crippen molar-refractivity contribution in [3.05, 3.63) is 141 Å². The molecule has 246 valence electrons. The van der Waals surface area contributed by atoms with E-state index in [1.165, 1.54) is 10.6 Å². The van der Waals surface area contributed by atoms with Crippen molar-refractivity contribution in [3.8, 4) is 0 Å². The highest BCUT2D eigenvalue weighted by atomic mass is 16.4. The van der Waals surface area contributed by atoms with Crippen LogP contribution in [0.5, 0.6) is 0 Å². The summed E-state index contributed by atoms with van der Waals surface area (Å²) in [5.41, 5.74) is 1.12. The molecule has 10 heteroatoms. The third-order valence-electron chi connectivity index (χ3n) is 9.72. The highest BCUT2D eigenvalue weighted by Gasteiger charge is 2.49. The second-order valence-corrected chi connectivity index (χ2v) is 12.5. The molecule has 1 fully saturated rings. The minimum atomic E-state index is -1.25. The van der Waals surface area contributed by atoms with E-state index >= 15 is 0 Å². The molecule has 48 heavy (non-hydrogen) atoms. The number of aryl methyl sites for hydroxylation is 1. The van der Waals surface area contributed by atoms with Gasteiger partial charge in [-0.05, 0) is 60.1 Å². The van der Waals surface area contributed by atoms with Gasteiger partial charge in [0.2, 0.25) is 11.8 Å². The van der Waals surface area contributed by atoms with Gasteiger partial charge in [-0.1, -0.05) is 84.9 Å². The van der Waals surface area contributed by atoms with Crippen LogP contribution in [0.3, 0.4) is 0 Å². The van der Waals surface area contributed by atoms with Crippen molar-refractivity contribution in [1.29, 1.82) is 0 Å². The number of pyridine rings is 1. The minimum Gasteiger partial charge on any atom is -0.479 e. The lowest BCUT2D eigenvalue weighted by Crippen LogP contribution is -2.52. The van der Waals surface area contributed by atoms with Crippen molar-refractivity contribution in [2.75, 3.05) is 13.1 Å². The Hall–Kier alpha value is -5.51. The maximum absolute atomic E-state index is 14.5. The number of fused-ring (bicyclic) bond motifs is 1. The Labute approximate surface area is 278 Å². The summed E-state index contributed by atoms with van der Waals surface area (Å²) in [5.74, 6) is -2.56. The molecule has 0 unspecified atom stereocenters. The van der Waals surface area contributed by atoms with Crippen molar-refractivity contribution < 1.29 is 24.3 Å². The molecule has 1 aromatic heterocycles. The van der Waals surface area contributed by atoms with Gasteiger partial charge in [-0.3, -0.25) is 19.2 Å². The molecular weight excluding hydrogens is 608 g/mol. The second kappa shape index (κ2) is 13.7. The van der Waals surface area contributed by atoms with E-state index in [1.54, 1.807) is 49.6 Å². The number of carboxylic acid groups (broad SMARTS) is 1. The third-order valence-corrected chi connectivity index (χ3v) is 9.72. The van der Waals surface area contributed by atoms with E-state index in [9.17, 15) is 29.1 Å². The Balaban J connectivity index is 1.24. The molecule has 2 aliphatic rings. The highest BCUT2D eigenvalue weighted by molar-refractivity contribution is 5.97. The molecule has 0 radical (unpaired) electrons. The number of likely N-dealkylation sites (tertiary alicyclic amines) is 1. The van der Waals surface area contributed by atoms with E-state index in [0.29, 0.717) is 49.9 Å². The zero-order chi connectivity index (χ0) is 33.8. The fourth-order valence-corrected chi connectivity index (χ4v) is 7.17. The van der Waals surface area contributed by atoms with Crippen molar-refractivity contribution in [3.63, 3.8) is 0 Å². The van der Waals surface area contributed by atoms with Gasteiger partial charge in [0.1, 0.15) is 5.56 Å². The molecule has 0 spiro atoms. The van der Waals surface area contributed by atoms with E-state index in [0.717, 1.165) is 11.1 Å². The second-order valence-electron chi connectivity index (χ2n) is 12.5. The molecule has 3 aromatic carbocycles. The highest BCUT2D eigenvalue weighted by Crippen LogP contribution is 2.48. The molecular formula is C38H38N4O6. The molecule has 1 aliphatic carbocycles. The minimum absolute atomic E-state index is 0.0427. The van der Waals surface area contributed by atoms with Crippen molar-refractivity contribution in [2.45, 2.75) is 49.1 Å². The lowest BCUT2D eigenvalue weighted by molar-refractivity contribution is -0.143. The number of nitrogens with zero attached hydrogens (tertiary/aromatic N) is 2. The first kappa shape index (κ1) is 32.4. The first-order valence-corrected chi connectivity index (χ1v) is 16.2. The Kier molecular flexibility index (Phi) is 9.25. The van der Waals surface area contributed by atoms with Crippen LogP contribution in [0.2, 0.25) is 0 Å². The number of rotatable bonds is 8. The van der Waals surface area contributed by atoms with Crippen LogP contribution < -0.4 is 16.2 Å². The standard InChI is InChI=1S/C38H38N4O6/c1-41-22-10-16-30(34(41)44)33(43)39-27-19-23-42(24-20-27)35(45)29-18-21-38(26-13-6-3-7-14-26,31-17-9-8-15-28(29)31)37(48)40-32(36(46)47)25-11-4-2-5-12-25/h2-17,22,27,29,32H,18-21,23-24H2,1H3,(H,39,43)(H,40,48)(H,46,47)/t29-,32+,38+/m0/s1. The number of carbonyl (C=O) groups excluding carboxylic acids is 3. The zero-order valence-corrected chi connectivity index (χ0v) is 26.7. The van der Waals surface area contributed by atoms with Gasteiger partial charge < -0.3 is 25.2 Å². The first-order valence-electron chi connectivity index (χ1n) is 16.2. The fourth-order valence-electron chi connectivity index (χ4n) is 7.17. The van der Waals surface area contributed by atoms with E-state index in [1.807, 2.05) is 59.5 Å². The van der Waals surface area contributed by atoms with E-state index in [2.05, 4.69) is 10.6 Å². The van der Waals surface area contributed by atoms with Gasteiger partial charge in [0.25, 0.3) is 11.5 Å². The smallest absolute Gasteiger partial charge is 0.330 e.